The molecule has 92 valence electrons. The second kappa shape index (κ2) is 5.62. The summed E-state index contributed by atoms with van der Waals surface area (Å²) in [5, 5.41) is 12.7. The Morgan fingerprint density at radius 2 is 2.35 bits per heavy atom. The summed E-state index contributed by atoms with van der Waals surface area (Å²) < 4.78 is 5.10. The number of halogens is 1. The highest BCUT2D eigenvalue weighted by Crippen LogP contribution is 2.27. The van der Waals surface area contributed by atoms with Gasteiger partial charge in [-0.3, -0.25) is 0 Å². The number of thioether (sulfide) groups is 1. The van der Waals surface area contributed by atoms with Gasteiger partial charge in [0.15, 0.2) is 5.84 Å². The first-order chi connectivity index (χ1) is 8.20. The molecule has 1 aliphatic heterocycles. The largest absolute Gasteiger partial charge is 0.409 e. The van der Waals surface area contributed by atoms with E-state index in [2.05, 4.69) is 5.16 Å². The maximum Gasteiger partial charge on any atom is 0.170 e. The summed E-state index contributed by atoms with van der Waals surface area (Å²) in [4.78, 5) is 0. The average Bonchev–Trinajstić information content (AvgIpc) is 2.28. The Hall–Kier alpha value is -0.910. The number of benzene rings is 1. The van der Waals surface area contributed by atoms with Gasteiger partial charge in [-0.25, -0.2) is 0 Å². The van der Waals surface area contributed by atoms with Crippen LogP contribution >= 0.6 is 23.4 Å². The fraction of sp³-hybridized carbons (Fsp3) is 0.364. The Labute approximate surface area is 109 Å². The lowest BCUT2D eigenvalue weighted by molar-refractivity contribution is 0.0455. The third-order valence-corrected chi connectivity index (χ3v) is 4.11. The third-order valence-electron chi connectivity index (χ3n) is 2.54. The molecular formula is C11H13ClN2O2S. The zero-order valence-electron chi connectivity index (χ0n) is 9.10. The Morgan fingerprint density at radius 1 is 1.59 bits per heavy atom. The molecule has 1 heterocycles. The highest BCUT2D eigenvalue weighted by Gasteiger charge is 2.19. The first-order valence-corrected chi connectivity index (χ1v) is 6.59. The summed E-state index contributed by atoms with van der Waals surface area (Å²) in [6.07, 6.45) is 0. The van der Waals surface area contributed by atoms with Gasteiger partial charge in [0.25, 0.3) is 0 Å². The molecule has 3 N–H and O–H groups in total. The van der Waals surface area contributed by atoms with E-state index in [0.717, 1.165) is 24.5 Å². The van der Waals surface area contributed by atoms with Crippen LogP contribution in [-0.4, -0.2) is 29.5 Å². The predicted molar refractivity (Wildman–Crippen MR) is 69.9 cm³/mol. The lowest BCUT2D eigenvalue weighted by Gasteiger charge is -2.25. The van der Waals surface area contributed by atoms with Crippen molar-refractivity contribution in [1.29, 1.82) is 0 Å². The predicted octanol–water partition coefficient (Wildman–Crippen LogP) is 2.07. The number of hydrogen-bond donors (Lipinski definition) is 2. The summed E-state index contributed by atoms with van der Waals surface area (Å²) in [7, 11) is 0. The lowest BCUT2D eigenvalue weighted by Crippen LogP contribution is -2.30. The van der Waals surface area contributed by atoms with Crippen molar-refractivity contribution < 1.29 is 9.94 Å². The molecular weight excluding hydrogens is 260 g/mol. The lowest BCUT2D eigenvalue weighted by atomic mass is 10.1. The Morgan fingerprint density at radius 3 is 2.88 bits per heavy atom. The Balaban J connectivity index is 2.03. The normalized spacial score (nSPS) is 16.9. The van der Waals surface area contributed by atoms with Gasteiger partial charge in [-0.1, -0.05) is 28.9 Å². The van der Waals surface area contributed by atoms with E-state index in [1.807, 2.05) is 17.8 Å². The minimum Gasteiger partial charge on any atom is -0.409 e. The molecule has 1 fully saturated rings. The number of rotatable bonds is 4. The van der Waals surface area contributed by atoms with Crippen LogP contribution in [0.25, 0.3) is 0 Å². The van der Waals surface area contributed by atoms with Crippen LogP contribution in [0.2, 0.25) is 5.02 Å². The maximum atomic E-state index is 8.57. The first kappa shape index (κ1) is 12.5. The minimum absolute atomic E-state index is 0.0681. The second-order valence-corrected chi connectivity index (χ2v) is 5.46. The van der Waals surface area contributed by atoms with Crippen molar-refractivity contribution in [3.63, 3.8) is 0 Å². The van der Waals surface area contributed by atoms with E-state index >= 15 is 0 Å². The molecule has 0 spiro atoms. The number of amidine groups is 1. The molecule has 6 heteroatoms. The van der Waals surface area contributed by atoms with Crippen LogP contribution in [0.4, 0.5) is 0 Å². The van der Waals surface area contributed by atoms with Crippen LogP contribution in [0.1, 0.15) is 11.1 Å². The molecule has 0 bridgehead atoms. The van der Waals surface area contributed by atoms with Gasteiger partial charge in [0, 0.05) is 16.3 Å². The van der Waals surface area contributed by atoms with Crippen molar-refractivity contribution in [2.45, 2.75) is 11.0 Å². The van der Waals surface area contributed by atoms with Crippen molar-refractivity contribution in [3.05, 3.63) is 34.3 Å². The van der Waals surface area contributed by atoms with Crippen LogP contribution in [0, 0.1) is 0 Å². The molecule has 1 aromatic rings. The van der Waals surface area contributed by atoms with Crippen LogP contribution in [-0.2, 0) is 10.5 Å². The van der Waals surface area contributed by atoms with E-state index in [1.165, 1.54) is 0 Å². The van der Waals surface area contributed by atoms with Crippen molar-refractivity contribution in [1.82, 2.24) is 0 Å². The van der Waals surface area contributed by atoms with Crippen molar-refractivity contribution in [3.8, 4) is 0 Å². The highest BCUT2D eigenvalue weighted by atomic mass is 35.5. The van der Waals surface area contributed by atoms with Gasteiger partial charge in [0.05, 0.1) is 18.5 Å². The molecule has 1 aliphatic rings. The summed E-state index contributed by atoms with van der Waals surface area (Å²) in [6.45, 7) is 1.65. The van der Waals surface area contributed by atoms with Gasteiger partial charge >= 0.3 is 0 Å². The molecule has 1 aromatic carbocycles. The zero-order valence-corrected chi connectivity index (χ0v) is 10.7. The molecule has 0 saturated carbocycles. The van der Waals surface area contributed by atoms with E-state index < -0.39 is 0 Å². The number of ether oxygens (including phenoxy) is 1. The van der Waals surface area contributed by atoms with Crippen molar-refractivity contribution in [2.75, 3.05) is 13.2 Å². The number of nitrogens with two attached hydrogens (primary N) is 1. The van der Waals surface area contributed by atoms with Gasteiger partial charge in [-0.2, -0.15) is 0 Å². The highest BCUT2D eigenvalue weighted by molar-refractivity contribution is 7.99. The van der Waals surface area contributed by atoms with Gasteiger partial charge < -0.3 is 15.7 Å². The summed E-state index contributed by atoms with van der Waals surface area (Å²) in [6, 6.07) is 5.42. The summed E-state index contributed by atoms with van der Waals surface area (Å²) in [5.74, 6) is 0.919. The molecule has 0 aliphatic carbocycles. The quantitative estimate of drug-likeness (QED) is 0.381. The molecule has 2 rings (SSSR count). The van der Waals surface area contributed by atoms with E-state index in [4.69, 9.17) is 27.3 Å². The molecule has 0 atom stereocenters. The molecule has 17 heavy (non-hydrogen) atoms. The average molecular weight is 273 g/mol. The Bertz CT molecular complexity index is 435. The monoisotopic (exact) mass is 272 g/mol. The smallest absolute Gasteiger partial charge is 0.170 e. The second-order valence-electron chi connectivity index (χ2n) is 3.76. The van der Waals surface area contributed by atoms with E-state index in [-0.39, 0.29) is 5.84 Å². The van der Waals surface area contributed by atoms with Crippen molar-refractivity contribution in [2.24, 2.45) is 10.9 Å². The number of oxime groups is 1. The van der Waals surface area contributed by atoms with Crippen LogP contribution in [0.5, 0.6) is 0 Å². The Kier molecular flexibility index (Phi) is 4.15. The standard InChI is InChI=1S/C11H13ClN2O2S/c12-10-3-7(11(13)14-15)1-2-8(10)6-17-9-4-16-5-9/h1-3,9,15H,4-6H2,(H2,13,14). The van der Waals surface area contributed by atoms with E-state index in [9.17, 15) is 0 Å². The topological polar surface area (TPSA) is 67.8 Å². The molecule has 0 unspecified atom stereocenters. The van der Waals surface area contributed by atoms with Crippen LogP contribution in [0.15, 0.2) is 23.4 Å². The zero-order chi connectivity index (χ0) is 12.3. The summed E-state index contributed by atoms with van der Waals surface area (Å²) in [5.41, 5.74) is 7.16. The van der Waals surface area contributed by atoms with E-state index in [0.29, 0.717) is 15.8 Å². The van der Waals surface area contributed by atoms with Crippen LogP contribution < -0.4 is 5.73 Å². The minimum atomic E-state index is 0.0681. The fourth-order valence-corrected chi connectivity index (χ4v) is 2.78. The van der Waals surface area contributed by atoms with E-state index in [1.54, 1.807) is 12.1 Å². The molecule has 1 saturated heterocycles. The molecule has 0 aromatic heterocycles. The SMILES string of the molecule is N/C(=N/O)c1ccc(CSC2COC2)c(Cl)c1. The maximum absolute atomic E-state index is 8.57. The van der Waals surface area contributed by atoms with Gasteiger partial charge in [0.1, 0.15) is 0 Å². The molecule has 4 nitrogen and oxygen atoms in total. The third kappa shape index (κ3) is 3.06. The number of hydrogen-bond acceptors (Lipinski definition) is 4. The molecule has 0 radical (unpaired) electrons. The van der Waals surface area contributed by atoms with Gasteiger partial charge in [-0.05, 0) is 11.6 Å². The first-order valence-electron chi connectivity index (χ1n) is 5.16. The molecule has 0 amide bonds. The van der Waals surface area contributed by atoms with Gasteiger partial charge in [0.2, 0.25) is 0 Å². The fourth-order valence-electron chi connectivity index (χ4n) is 1.40. The van der Waals surface area contributed by atoms with Crippen molar-refractivity contribution >= 4 is 29.2 Å². The van der Waals surface area contributed by atoms with Crippen LogP contribution in [0.3, 0.4) is 0 Å². The summed E-state index contributed by atoms with van der Waals surface area (Å²) >= 11 is 7.97. The number of nitrogens with zero attached hydrogens (tertiary/aromatic N) is 1. The van der Waals surface area contributed by atoms with Gasteiger partial charge in [-0.15, -0.1) is 11.8 Å².